The van der Waals surface area contributed by atoms with Crippen molar-refractivity contribution < 1.29 is 17.9 Å². The lowest BCUT2D eigenvalue weighted by atomic mass is 9.99. The van der Waals surface area contributed by atoms with Crippen LogP contribution in [0.5, 0.6) is 0 Å². The van der Waals surface area contributed by atoms with E-state index in [1.54, 1.807) is 20.8 Å². The van der Waals surface area contributed by atoms with Crippen molar-refractivity contribution in [3.8, 4) is 0 Å². The fourth-order valence-corrected chi connectivity index (χ4v) is 3.34. The van der Waals surface area contributed by atoms with Crippen LogP contribution in [-0.2, 0) is 19.6 Å². The SMILES string of the molecule is CC(C)(C)OC(=O)CS(=O)(=O)N1CCC(CN)CC1. The number of sulfonamides is 1. The Hall–Kier alpha value is -0.660. The molecule has 1 rings (SSSR count). The minimum atomic E-state index is -3.57. The Morgan fingerprint density at radius 1 is 1.32 bits per heavy atom. The lowest BCUT2D eigenvalue weighted by molar-refractivity contribution is -0.151. The van der Waals surface area contributed by atoms with Crippen molar-refractivity contribution in [1.29, 1.82) is 0 Å². The summed E-state index contributed by atoms with van der Waals surface area (Å²) in [7, 11) is -3.57. The number of carbonyl (C=O) groups is 1. The van der Waals surface area contributed by atoms with Crippen molar-refractivity contribution in [2.24, 2.45) is 11.7 Å². The molecule has 0 spiro atoms. The monoisotopic (exact) mass is 292 g/mol. The summed E-state index contributed by atoms with van der Waals surface area (Å²) in [5.74, 6) is -0.904. The van der Waals surface area contributed by atoms with Gasteiger partial charge in [0.05, 0.1) is 0 Å². The van der Waals surface area contributed by atoms with Crippen molar-refractivity contribution in [2.45, 2.75) is 39.2 Å². The van der Waals surface area contributed by atoms with Crippen LogP contribution >= 0.6 is 0 Å². The molecule has 0 unspecified atom stereocenters. The first kappa shape index (κ1) is 16.4. The summed E-state index contributed by atoms with van der Waals surface area (Å²) in [6, 6.07) is 0. The van der Waals surface area contributed by atoms with Gasteiger partial charge in [0.1, 0.15) is 5.60 Å². The molecule has 1 aliphatic rings. The molecular weight excluding hydrogens is 268 g/mol. The van der Waals surface area contributed by atoms with Crippen molar-refractivity contribution in [3.63, 3.8) is 0 Å². The topological polar surface area (TPSA) is 89.7 Å². The van der Waals surface area contributed by atoms with E-state index in [0.29, 0.717) is 25.6 Å². The van der Waals surface area contributed by atoms with E-state index in [-0.39, 0.29) is 0 Å². The Balaban J connectivity index is 2.55. The van der Waals surface area contributed by atoms with Crippen molar-refractivity contribution in [3.05, 3.63) is 0 Å². The van der Waals surface area contributed by atoms with Gasteiger partial charge in [-0.05, 0) is 46.1 Å². The van der Waals surface area contributed by atoms with E-state index in [1.807, 2.05) is 0 Å². The van der Waals surface area contributed by atoms with Crippen molar-refractivity contribution in [1.82, 2.24) is 4.31 Å². The Labute approximate surface area is 115 Å². The quantitative estimate of drug-likeness (QED) is 0.754. The molecule has 6 nitrogen and oxygen atoms in total. The molecule has 0 atom stereocenters. The van der Waals surface area contributed by atoms with E-state index in [9.17, 15) is 13.2 Å². The second-order valence-corrected chi connectivity index (χ2v) is 7.89. The van der Waals surface area contributed by atoms with Crippen LogP contribution in [0.2, 0.25) is 0 Å². The number of rotatable bonds is 4. The number of nitrogens with two attached hydrogens (primary N) is 1. The Morgan fingerprint density at radius 2 is 1.84 bits per heavy atom. The van der Waals surface area contributed by atoms with Gasteiger partial charge in [-0.15, -0.1) is 0 Å². The van der Waals surface area contributed by atoms with Gasteiger partial charge >= 0.3 is 5.97 Å². The highest BCUT2D eigenvalue weighted by atomic mass is 32.2. The molecule has 0 bridgehead atoms. The van der Waals surface area contributed by atoms with Gasteiger partial charge in [0.25, 0.3) is 0 Å². The van der Waals surface area contributed by atoms with Gasteiger partial charge in [0.2, 0.25) is 10.0 Å². The van der Waals surface area contributed by atoms with Crippen LogP contribution < -0.4 is 5.73 Å². The smallest absolute Gasteiger partial charge is 0.323 e. The highest BCUT2D eigenvalue weighted by Gasteiger charge is 2.31. The lowest BCUT2D eigenvalue weighted by Crippen LogP contribution is -2.43. The van der Waals surface area contributed by atoms with Crippen LogP contribution in [0.1, 0.15) is 33.6 Å². The highest BCUT2D eigenvalue weighted by Crippen LogP contribution is 2.19. The van der Waals surface area contributed by atoms with Crippen LogP contribution in [0.25, 0.3) is 0 Å². The van der Waals surface area contributed by atoms with Gasteiger partial charge in [0, 0.05) is 13.1 Å². The average Bonchev–Trinajstić information content (AvgIpc) is 2.25. The predicted molar refractivity (Wildman–Crippen MR) is 73.0 cm³/mol. The van der Waals surface area contributed by atoms with Gasteiger partial charge in [0.15, 0.2) is 5.75 Å². The summed E-state index contributed by atoms with van der Waals surface area (Å²) >= 11 is 0. The minimum Gasteiger partial charge on any atom is -0.459 e. The molecule has 0 amide bonds. The number of carbonyl (C=O) groups excluding carboxylic acids is 1. The molecule has 112 valence electrons. The summed E-state index contributed by atoms with van der Waals surface area (Å²) in [5.41, 5.74) is 4.90. The third-order valence-corrected chi connectivity index (χ3v) is 4.77. The molecule has 19 heavy (non-hydrogen) atoms. The van der Waals surface area contributed by atoms with Gasteiger partial charge in [-0.1, -0.05) is 0 Å². The standard InChI is InChI=1S/C12H24N2O4S/c1-12(2,3)18-11(15)9-19(16,17)14-6-4-10(8-13)5-7-14/h10H,4-9,13H2,1-3H3. The van der Waals surface area contributed by atoms with Gasteiger partial charge in [-0.3, -0.25) is 4.79 Å². The first-order valence-electron chi connectivity index (χ1n) is 6.54. The van der Waals surface area contributed by atoms with Crippen LogP contribution in [0.15, 0.2) is 0 Å². The third-order valence-electron chi connectivity index (χ3n) is 3.02. The molecule has 1 saturated heterocycles. The molecule has 0 saturated carbocycles. The van der Waals surface area contributed by atoms with E-state index in [2.05, 4.69) is 0 Å². The second kappa shape index (κ2) is 6.19. The second-order valence-electron chi connectivity index (χ2n) is 5.92. The van der Waals surface area contributed by atoms with E-state index in [4.69, 9.17) is 10.5 Å². The molecule has 2 N–H and O–H groups in total. The first-order chi connectivity index (χ1) is 8.64. The summed E-state index contributed by atoms with van der Waals surface area (Å²) in [4.78, 5) is 11.6. The predicted octanol–water partition coefficient (Wildman–Crippen LogP) is 0.329. The molecular formula is C12H24N2O4S. The number of ether oxygens (including phenoxy) is 1. The van der Waals surface area contributed by atoms with Crippen LogP contribution in [0, 0.1) is 5.92 Å². The number of hydrogen-bond donors (Lipinski definition) is 1. The largest absolute Gasteiger partial charge is 0.459 e. The van der Waals surface area contributed by atoms with E-state index in [0.717, 1.165) is 12.8 Å². The molecule has 0 aromatic rings. The molecule has 7 heteroatoms. The van der Waals surface area contributed by atoms with Crippen LogP contribution in [0.3, 0.4) is 0 Å². The number of esters is 1. The molecule has 1 aliphatic heterocycles. The molecule has 1 fully saturated rings. The Kier molecular flexibility index (Phi) is 5.34. The lowest BCUT2D eigenvalue weighted by Gasteiger charge is -2.30. The van der Waals surface area contributed by atoms with Gasteiger partial charge < -0.3 is 10.5 Å². The highest BCUT2D eigenvalue weighted by molar-refractivity contribution is 7.89. The number of piperidine rings is 1. The zero-order valence-electron chi connectivity index (χ0n) is 11.9. The van der Waals surface area contributed by atoms with Crippen molar-refractivity contribution in [2.75, 3.05) is 25.4 Å². The zero-order valence-corrected chi connectivity index (χ0v) is 12.7. The maximum Gasteiger partial charge on any atom is 0.323 e. The van der Waals surface area contributed by atoms with E-state index >= 15 is 0 Å². The fourth-order valence-electron chi connectivity index (χ4n) is 2.03. The zero-order chi connectivity index (χ0) is 14.7. The van der Waals surface area contributed by atoms with E-state index < -0.39 is 27.3 Å². The van der Waals surface area contributed by atoms with Gasteiger partial charge in [-0.2, -0.15) is 0 Å². The summed E-state index contributed by atoms with van der Waals surface area (Å²) in [5, 5.41) is 0. The molecule has 1 heterocycles. The van der Waals surface area contributed by atoms with Crippen molar-refractivity contribution >= 4 is 16.0 Å². The summed E-state index contributed by atoms with van der Waals surface area (Å²) in [6.45, 7) is 6.60. The minimum absolute atomic E-state index is 0.382. The van der Waals surface area contributed by atoms with E-state index in [1.165, 1.54) is 4.31 Å². The normalized spacial score (nSPS) is 19.4. The molecule has 0 radical (unpaired) electrons. The maximum atomic E-state index is 12.1. The number of nitrogens with zero attached hydrogens (tertiary/aromatic N) is 1. The molecule has 0 aromatic carbocycles. The summed E-state index contributed by atoms with van der Waals surface area (Å²) in [6.07, 6.45) is 1.51. The Bertz CT molecular complexity index is 406. The molecule has 0 aromatic heterocycles. The fraction of sp³-hybridized carbons (Fsp3) is 0.917. The van der Waals surface area contributed by atoms with Crippen LogP contribution in [0.4, 0.5) is 0 Å². The third kappa shape index (κ3) is 5.46. The van der Waals surface area contributed by atoms with Crippen LogP contribution in [-0.4, -0.2) is 49.7 Å². The number of hydrogen-bond acceptors (Lipinski definition) is 5. The molecule has 0 aliphatic carbocycles. The maximum absolute atomic E-state index is 12.1. The average molecular weight is 292 g/mol. The van der Waals surface area contributed by atoms with Gasteiger partial charge in [-0.25, -0.2) is 12.7 Å². The first-order valence-corrected chi connectivity index (χ1v) is 8.15. The Morgan fingerprint density at radius 3 is 2.26 bits per heavy atom. The summed E-state index contributed by atoms with van der Waals surface area (Å²) < 4.78 is 30.5.